The van der Waals surface area contributed by atoms with Crippen LogP contribution in [0.5, 0.6) is 0 Å². The molecule has 1 N–H and O–H groups in total. The Hall–Kier alpha value is -2.51. The highest BCUT2D eigenvalue weighted by atomic mass is 19.1. The van der Waals surface area contributed by atoms with Crippen LogP contribution in [0.2, 0.25) is 0 Å². The van der Waals surface area contributed by atoms with Crippen LogP contribution >= 0.6 is 0 Å². The van der Waals surface area contributed by atoms with Gasteiger partial charge in [-0.15, -0.1) is 0 Å². The Morgan fingerprint density at radius 3 is 2.32 bits per heavy atom. The summed E-state index contributed by atoms with van der Waals surface area (Å²) >= 11 is 0. The molecule has 0 spiro atoms. The van der Waals surface area contributed by atoms with E-state index in [1.807, 2.05) is 0 Å². The lowest BCUT2D eigenvalue weighted by Crippen LogP contribution is -2.39. The summed E-state index contributed by atoms with van der Waals surface area (Å²) in [4.78, 5) is 25.3. The Morgan fingerprint density at radius 2 is 1.82 bits per heavy atom. The van der Waals surface area contributed by atoms with Crippen molar-refractivity contribution in [1.29, 1.82) is 0 Å². The van der Waals surface area contributed by atoms with E-state index in [9.17, 15) is 22.8 Å². The molecule has 0 unspecified atom stereocenters. The number of halogens is 3. The predicted molar refractivity (Wildman–Crippen MR) is 100 cm³/mol. The maximum Gasteiger partial charge on any atom is 0.410 e. The van der Waals surface area contributed by atoms with Gasteiger partial charge in [0, 0.05) is 25.1 Å². The van der Waals surface area contributed by atoms with Gasteiger partial charge in [-0.25, -0.2) is 18.0 Å². The highest BCUT2D eigenvalue weighted by molar-refractivity contribution is 5.93. The smallest absolute Gasteiger partial charge is 0.410 e. The van der Waals surface area contributed by atoms with Crippen LogP contribution in [0.15, 0.2) is 12.1 Å². The first-order valence-electron chi connectivity index (χ1n) is 9.06. The van der Waals surface area contributed by atoms with Crippen LogP contribution in [0, 0.1) is 23.4 Å². The van der Waals surface area contributed by atoms with Gasteiger partial charge in [0.2, 0.25) is 5.91 Å². The van der Waals surface area contributed by atoms with Crippen LogP contribution in [0.25, 0.3) is 5.57 Å². The first-order valence-corrected chi connectivity index (χ1v) is 9.06. The summed E-state index contributed by atoms with van der Waals surface area (Å²) in [5, 5.41) is 2.17. The Labute approximate surface area is 162 Å². The Bertz CT molecular complexity index is 814. The molecule has 0 aliphatic carbocycles. The molecule has 1 aromatic carbocycles. The number of nitrogens with one attached hydrogen (secondary N) is 1. The number of anilines is 1. The van der Waals surface area contributed by atoms with Gasteiger partial charge in [-0.1, -0.05) is 19.9 Å². The van der Waals surface area contributed by atoms with Crippen molar-refractivity contribution in [3.8, 4) is 0 Å². The van der Waals surface area contributed by atoms with Crippen LogP contribution < -0.4 is 5.32 Å². The van der Waals surface area contributed by atoms with Gasteiger partial charge in [-0.05, 0) is 32.8 Å². The van der Waals surface area contributed by atoms with Crippen LogP contribution in [0.3, 0.4) is 0 Å². The monoisotopic (exact) mass is 398 g/mol. The molecule has 8 heteroatoms. The van der Waals surface area contributed by atoms with E-state index in [0.29, 0.717) is 11.6 Å². The number of hydrogen-bond acceptors (Lipinski definition) is 3. The topological polar surface area (TPSA) is 58.6 Å². The van der Waals surface area contributed by atoms with Crippen molar-refractivity contribution in [2.45, 2.75) is 46.6 Å². The molecule has 0 radical (unpaired) electrons. The molecule has 0 fully saturated rings. The number of hydrogen-bond donors (Lipinski definition) is 1. The van der Waals surface area contributed by atoms with E-state index in [4.69, 9.17) is 4.74 Å². The average Bonchev–Trinajstić information content (AvgIpc) is 2.57. The van der Waals surface area contributed by atoms with Crippen LogP contribution in [0.4, 0.5) is 23.7 Å². The van der Waals surface area contributed by atoms with Crippen molar-refractivity contribution in [3.05, 3.63) is 35.2 Å². The number of amides is 2. The molecule has 1 aliphatic heterocycles. The fourth-order valence-corrected chi connectivity index (χ4v) is 2.66. The molecule has 154 valence electrons. The molecule has 2 amide bonds. The molecular formula is C20H25F3N2O3. The minimum absolute atomic E-state index is 0.105. The summed E-state index contributed by atoms with van der Waals surface area (Å²) in [6, 6.07) is 0.551. The van der Waals surface area contributed by atoms with Crippen molar-refractivity contribution in [3.63, 3.8) is 0 Å². The second-order valence-corrected chi connectivity index (χ2v) is 7.95. The zero-order valence-electron chi connectivity index (χ0n) is 16.7. The highest BCUT2D eigenvalue weighted by Gasteiger charge is 2.28. The summed E-state index contributed by atoms with van der Waals surface area (Å²) in [7, 11) is 0. The second-order valence-electron chi connectivity index (χ2n) is 7.95. The van der Waals surface area contributed by atoms with Crippen molar-refractivity contribution in [2.75, 3.05) is 18.4 Å². The summed E-state index contributed by atoms with van der Waals surface area (Å²) in [6.07, 6.45) is 1.14. The Kier molecular flexibility index (Phi) is 6.41. The SMILES string of the molecule is CC(C)C(=O)Nc1c(F)cc(F)c(C2=CCN(C(=O)OC(C)(C)C)CC2)c1F. The third-order valence-electron chi connectivity index (χ3n) is 4.12. The minimum Gasteiger partial charge on any atom is -0.444 e. The van der Waals surface area contributed by atoms with E-state index in [1.54, 1.807) is 34.6 Å². The maximum atomic E-state index is 14.8. The van der Waals surface area contributed by atoms with Crippen LogP contribution in [-0.2, 0) is 9.53 Å². The lowest BCUT2D eigenvalue weighted by molar-refractivity contribution is -0.118. The van der Waals surface area contributed by atoms with Gasteiger partial charge in [-0.2, -0.15) is 0 Å². The molecule has 1 aromatic rings. The number of ether oxygens (including phenoxy) is 1. The molecule has 1 aliphatic rings. The predicted octanol–water partition coefficient (Wildman–Crippen LogP) is 4.72. The minimum atomic E-state index is -1.18. The fraction of sp³-hybridized carbons (Fsp3) is 0.500. The van der Waals surface area contributed by atoms with Gasteiger partial charge in [0.15, 0.2) is 11.6 Å². The summed E-state index contributed by atoms with van der Waals surface area (Å²) < 4.78 is 48.5. The first kappa shape index (κ1) is 21.8. The third-order valence-corrected chi connectivity index (χ3v) is 4.12. The molecule has 5 nitrogen and oxygen atoms in total. The summed E-state index contributed by atoms with van der Waals surface area (Å²) in [5.74, 6) is -4.48. The van der Waals surface area contributed by atoms with E-state index < -0.39 is 52.2 Å². The highest BCUT2D eigenvalue weighted by Crippen LogP contribution is 2.33. The standard InChI is InChI=1S/C20H25F3N2O3/c1-11(2)18(26)24-17-14(22)10-13(21)15(16(17)23)12-6-8-25(9-7-12)19(27)28-20(3,4)5/h6,10-11H,7-9H2,1-5H3,(H,24,26). The zero-order valence-corrected chi connectivity index (χ0v) is 16.7. The van der Waals surface area contributed by atoms with Crippen molar-refractivity contribution >= 4 is 23.3 Å². The van der Waals surface area contributed by atoms with E-state index in [2.05, 4.69) is 5.32 Å². The van der Waals surface area contributed by atoms with Crippen molar-refractivity contribution in [1.82, 2.24) is 4.90 Å². The number of rotatable bonds is 3. The number of carbonyl (C=O) groups is 2. The third kappa shape index (κ3) is 5.05. The lowest BCUT2D eigenvalue weighted by atomic mass is 9.97. The van der Waals surface area contributed by atoms with E-state index in [-0.39, 0.29) is 19.5 Å². The van der Waals surface area contributed by atoms with Gasteiger partial charge in [0.25, 0.3) is 0 Å². The molecule has 2 rings (SSSR count). The van der Waals surface area contributed by atoms with Crippen LogP contribution in [-0.4, -0.2) is 35.6 Å². The maximum absolute atomic E-state index is 14.8. The number of carbonyl (C=O) groups excluding carboxylic acids is 2. The van der Waals surface area contributed by atoms with Gasteiger partial charge in [0.1, 0.15) is 17.1 Å². The van der Waals surface area contributed by atoms with Gasteiger partial charge in [0.05, 0.1) is 5.56 Å². The van der Waals surface area contributed by atoms with Crippen LogP contribution in [0.1, 0.15) is 46.6 Å². The molecular weight excluding hydrogens is 373 g/mol. The van der Waals surface area contributed by atoms with E-state index >= 15 is 0 Å². The molecule has 28 heavy (non-hydrogen) atoms. The molecule has 0 atom stereocenters. The zero-order chi connectivity index (χ0) is 21.2. The van der Waals surface area contributed by atoms with Gasteiger partial charge < -0.3 is 15.0 Å². The molecule has 1 heterocycles. The second kappa shape index (κ2) is 8.24. The Morgan fingerprint density at radius 1 is 1.18 bits per heavy atom. The number of nitrogens with zero attached hydrogens (tertiary/aromatic N) is 1. The van der Waals surface area contributed by atoms with Gasteiger partial charge >= 0.3 is 6.09 Å². The first-order chi connectivity index (χ1) is 12.9. The van der Waals surface area contributed by atoms with E-state index in [0.717, 1.165) is 0 Å². The average molecular weight is 398 g/mol. The fourth-order valence-electron chi connectivity index (χ4n) is 2.66. The van der Waals surface area contributed by atoms with E-state index in [1.165, 1.54) is 11.0 Å². The number of benzene rings is 1. The quantitative estimate of drug-likeness (QED) is 0.801. The molecule has 0 bridgehead atoms. The largest absolute Gasteiger partial charge is 0.444 e. The Balaban J connectivity index is 2.28. The summed E-state index contributed by atoms with van der Waals surface area (Å²) in [5.41, 5.74) is -1.43. The van der Waals surface area contributed by atoms with Crippen molar-refractivity contribution in [2.24, 2.45) is 5.92 Å². The van der Waals surface area contributed by atoms with Gasteiger partial charge in [-0.3, -0.25) is 4.79 Å². The van der Waals surface area contributed by atoms with Crippen molar-refractivity contribution < 1.29 is 27.5 Å². The lowest BCUT2D eigenvalue weighted by Gasteiger charge is -2.30. The molecule has 0 saturated carbocycles. The summed E-state index contributed by atoms with van der Waals surface area (Å²) in [6.45, 7) is 8.68. The normalized spacial score (nSPS) is 14.8. The molecule has 0 aromatic heterocycles. The molecule has 0 saturated heterocycles.